The number of benzene rings is 3. The van der Waals surface area contributed by atoms with Gasteiger partial charge in [-0.3, -0.25) is 14.5 Å². The van der Waals surface area contributed by atoms with Crippen molar-refractivity contribution in [2.75, 3.05) is 18.6 Å². The Morgan fingerprint density at radius 3 is 2.59 bits per heavy atom. The zero-order valence-electron chi connectivity index (χ0n) is 20.1. The van der Waals surface area contributed by atoms with E-state index >= 15 is 0 Å². The minimum Gasteiger partial charge on any atom is -0.507 e. The molecule has 0 bridgehead atoms. The third-order valence-corrected chi connectivity index (χ3v) is 7.02. The van der Waals surface area contributed by atoms with Gasteiger partial charge in [0.15, 0.2) is 5.13 Å². The molecule has 9 heteroatoms. The molecule has 1 saturated heterocycles. The summed E-state index contributed by atoms with van der Waals surface area (Å²) in [5.74, 6) is -1.35. The normalized spacial score (nSPS) is 16.9. The van der Waals surface area contributed by atoms with Gasteiger partial charge in [0, 0.05) is 5.56 Å². The number of rotatable bonds is 7. The number of carbonyl (C=O) groups excluding carboxylic acids is 2. The van der Waals surface area contributed by atoms with Gasteiger partial charge in [-0.15, -0.1) is 0 Å². The summed E-state index contributed by atoms with van der Waals surface area (Å²) in [5, 5.41) is 11.5. The first kappa shape index (κ1) is 24.5. The number of methoxy groups -OCH3 is 1. The largest absolute Gasteiger partial charge is 0.507 e. The van der Waals surface area contributed by atoms with E-state index in [2.05, 4.69) is 4.98 Å². The Balaban J connectivity index is 1.69. The molecular formula is C28H23FN2O5S. The summed E-state index contributed by atoms with van der Waals surface area (Å²) in [6.07, 6.45) is 0.808. The number of anilines is 1. The van der Waals surface area contributed by atoms with Crippen molar-refractivity contribution in [1.29, 1.82) is 0 Å². The second kappa shape index (κ2) is 10.0. The third-order valence-electron chi connectivity index (χ3n) is 6.00. The van der Waals surface area contributed by atoms with E-state index in [1.807, 2.05) is 6.92 Å². The molecule has 1 aliphatic heterocycles. The number of Topliss-reactive ketones (excluding diaryl/α,β-unsaturated/α-hetero) is 1. The molecule has 1 aliphatic rings. The van der Waals surface area contributed by atoms with E-state index in [0.717, 1.165) is 11.1 Å². The Morgan fingerprint density at radius 1 is 1.08 bits per heavy atom. The molecule has 1 N–H and O–H groups in total. The lowest BCUT2D eigenvalue weighted by Gasteiger charge is -2.23. The van der Waals surface area contributed by atoms with Gasteiger partial charge >= 0.3 is 5.91 Å². The molecule has 188 valence electrons. The first-order valence-electron chi connectivity index (χ1n) is 11.7. The molecule has 0 aliphatic carbocycles. The zero-order chi connectivity index (χ0) is 26.1. The van der Waals surface area contributed by atoms with E-state index in [-0.39, 0.29) is 11.1 Å². The maximum atomic E-state index is 13.5. The van der Waals surface area contributed by atoms with Crippen molar-refractivity contribution in [2.45, 2.75) is 19.4 Å². The molecule has 4 aromatic rings. The summed E-state index contributed by atoms with van der Waals surface area (Å²) in [7, 11) is 1.56. The van der Waals surface area contributed by atoms with Gasteiger partial charge in [0.2, 0.25) is 0 Å². The molecule has 3 aromatic carbocycles. The van der Waals surface area contributed by atoms with Crippen LogP contribution < -0.4 is 14.4 Å². The molecule has 0 spiro atoms. The van der Waals surface area contributed by atoms with Crippen LogP contribution in [0, 0.1) is 5.82 Å². The topological polar surface area (TPSA) is 89.0 Å². The molecule has 1 fully saturated rings. The summed E-state index contributed by atoms with van der Waals surface area (Å²) < 4.78 is 25.4. The van der Waals surface area contributed by atoms with Crippen LogP contribution in [-0.2, 0) is 9.59 Å². The summed E-state index contributed by atoms with van der Waals surface area (Å²) in [5.41, 5.74) is 1.31. The molecule has 1 aromatic heterocycles. The Hall–Kier alpha value is -4.24. The fourth-order valence-corrected chi connectivity index (χ4v) is 5.25. The number of nitrogens with zero attached hydrogens (tertiary/aromatic N) is 2. The molecule has 37 heavy (non-hydrogen) atoms. The molecule has 1 atom stereocenters. The standard InChI is InChI=1S/C28H23FN2O5S/c1-3-13-36-20-6-4-5-17(14-20)24-23(25(32)16-7-9-18(29)10-8-16)26(33)27(34)31(24)28-30-21-12-11-19(35-2)15-22(21)37-28/h4-12,14-15,24,32H,3,13H2,1-2H3/b25-23+. The van der Waals surface area contributed by atoms with E-state index in [4.69, 9.17) is 9.47 Å². The van der Waals surface area contributed by atoms with Crippen molar-refractivity contribution in [3.8, 4) is 11.5 Å². The van der Waals surface area contributed by atoms with Crippen LogP contribution >= 0.6 is 11.3 Å². The fraction of sp³-hybridized carbons (Fsp3) is 0.179. The molecular weight excluding hydrogens is 495 g/mol. The van der Waals surface area contributed by atoms with Crippen molar-refractivity contribution in [3.05, 3.63) is 89.2 Å². The smallest absolute Gasteiger partial charge is 0.301 e. The van der Waals surface area contributed by atoms with Crippen molar-refractivity contribution >= 4 is 44.1 Å². The summed E-state index contributed by atoms with van der Waals surface area (Å²) in [6.45, 7) is 2.49. The summed E-state index contributed by atoms with van der Waals surface area (Å²) in [6, 6.07) is 16.5. The Labute approximate surface area is 216 Å². The van der Waals surface area contributed by atoms with Crippen molar-refractivity contribution in [3.63, 3.8) is 0 Å². The lowest BCUT2D eigenvalue weighted by molar-refractivity contribution is -0.132. The van der Waals surface area contributed by atoms with Crippen LogP contribution in [0.2, 0.25) is 0 Å². The van der Waals surface area contributed by atoms with Gasteiger partial charge in [0.25, 0.3) is 5.78 Å². The van der Waals surface area contributed by atoms with E-state index in [1.54, 1.807) is 49.6 Å². The molecule has 0 saturated carbocycles. The fourth-order valence-electron chi connectivity index (χ4n) is 4.23. The maximum Gasteiger partial charge on any atom is 0.301 e. The van der Waals surface area contributed by atoms with Crippen molar-refractivity contribution in [1.82, 2.24) is 4.98 Å². The molecule has 2 heterocycles. The predicted octanol–water partition coefficient (Wildman–Crippen LogP) is 5.86. The molecule has 0 radical (unpaired) electrons. The SMILES string of the molecule is CCCOc1cccc(C2/C(=C(\O)c3ccc(F)cc3)C(=O)C(=O)N2c2nc3ccc(OC)cc3s2)c1. The van der Waals surface area contributed by atoms with Crippen LogP contribution in [0.5, 0.6) is 11.5 Å². The number of ketones is 1. The number of aliphatic hydroxyl groups is 1. The van der Waals surface area contributed by atoms with Crippen LogP contribution in [-0.4, -0.2) is 35.5 Å². The average molecular weight is 519 g/mol. The van der Waals surface area contributed by atoms with Crippen LogP contribution in [0.25, 0.3) is 16.0 Å². The van der Waals surface area contributed by atoms with Crippen LogP contribution in [0.3, 0.4) is 0 Å². The average Bonchev–Trinajstić information content (AvgIpc) is 3.45. The number of carbonyl (C=O) groups is 2. The second-order valence-electron chi connectivity index (χ2n) is 8.43. The van der Waals surface area contributed by atoms with Gasteiger partial charge in [-0.1, -0.05) is 30.4 Å². The first-order valence-corrected chi connectivity index (χ1v) is 12.5. The second-order valence-corrected chi connectivity index (χ2v) is 9.44. The third kappa shape index (κ3) is 4.53. The number of fused-ring (bicyclic) bond motifs is 1. The van der Waals surface area contributed by atoms with Crippen LogP contribution in [0.1, 0.15) is 30.5 Å². The Kier molecular flexibility index (Phi) is 6.62. The number of hydrogen-bond donors (Lipinski definition) is 1. The first-order chi connectivity index (χ1) is 17.9. The van der Waals surface area contributed by atoms with Gasteiger partial charge in [0.1, 0.15) is 23.1 Å². The molecule has 1 unspecified atom stereocenters. The van der Waals surface area contributed by atoms with Crippen molar-refractivity contribution in [2.24, 2.45) is 0 Å². The van der Waals surface area contributed by atoms with Crippen LogP contribution in [0.4, 0.5) is 9.52 Å². The number of amides is 1. The minimum atomic E-state index is -0.974. The number of aromatic nitrogens is 1. The van der Waals surface area contributed by atoms with Gasteiger partial charge < -0.3 is 14.6 Å². The quantitative estimate of drug-likeness (QED) is 0.187. The lowest BCUT2D eigenvalue weighted by Crippen LogP contribution is -2.29. The molecule has 1 amide bonds. The highest BCUT2D eigenvalue weighted by Crippen LogP contribution is 2.45. The highest BCUT2D eigenvalue weighted by molar-refractivity contribution is 7.22. The van der Waals surface area contributed by atoms with Gasteiger partial charge in [-0.05, 0) is 66.6 Å². The number of ether oxygens (including phenoxy) is 2. The summed E-state index contributed by atoms with van der Waals surface area (Å²) in [4.78, 5) is 32.7. The molecule has 5 rings (SSSR count). The predicted molar refractivity (Wildman–Crippen MR) is 140 cm³/mol. The van der Waals surface area contributed by atoms with Gasteiger partial charge in [0.05, 0.1) is 35.5 Å². The number of hydrogen-bond acceptors (Lipinski definition) is 7. The monoisotopic (exact) mass is 518 g/mol. The zero-order valence-corrected chi connectivity index (χ0v) is 20.9. The maximum absolute atomic E-state index is 13.5. The van der Waals surface area contributed by atoms with Crippen molar-refractivity contribution < 1.29 is 28.6 Å². The number of thiazole rings is 1. The Bertz CT molecular complexity index is 1530. The highest BCUT2D eigenvalue weighted by atomic mass is 32.1. The van der Waals surface area contributed by atoms with Gasteiger partial charge in [-0.2, -0.15) is 0 Å². The Morgan fingerprint density at radius 2 is 1.86 bits per heavy atom. The molecule has 7 nitrogen and oxygen atoms in total. The van der Waals surface area contributed by atoms with Crippen LogP contribution in [0.15, 0.2) is 72.3 Å². The minimum absolute atomic E-state index is 0.110. The number of halogens is 1. The van der Waals surface area contributed by atoms with E-state index in [0.29, 0.717) is 34.3 Å². The number of aliphatic hydroxyl groups excluding tert-OH is 1. The lowest BCUT2D eigenvalue weighted by atomic mass is 9.95. The van der Waals surface area contributed by atoms with Gasteiger partial charge in [-0.25, -0.2) is 9.37 Å². The van der Waals surface area contributed by atoms with E-state index in [1.165, 1.54) is 40.5 Å². The van der Waals surface area contributed by atoms with E-state index in [9.17, 15) is 19.1 Å². The van der Waals surface area contributed by atoms with E-state index < -0.39 is 29.3 Å². The summed E-state index contributed by atoms with van der Waals surface area (Å²) >= 11 is 1.23. The highest BCUT2D eigenvalue weighted by Gasteiger charge is 2.48.